The fraction of sp³-hybridized carbons (Fsp3) is 0.300. The molecule has 3 rings (SSSR count). The van der Waals surface area contributed by atoms with Gasteiger partial charge in [-0.3, -0.25) is 4.79 Å². The first-order chi connectivity index (χ1) is 13.5. The van der Waals surface area contributed by atoms with Gasteiger partial charge in [-0.1, -0.05) is 12.5 Å². The van der Waals surface area contributed by atoms with Gasteiger partial charge < -0.3 is 4.74 Å². The number of benzene rings is 2. The van der Waals surface area contributed by atoms with Crippen molar-refractivity contribution < 1.29 is 17.9 Å². The number of hydrazone groups is 1. The summed E-state index contributed by atoms with van der Waals surface area (Å²) < 4.78 is 32.1. The number of carbonyl (C=O) groups excluding carboxylic acids is 1. The standard InChI is InChI=1S/C20H23N3O4S/c1-27-18-10-8-16(9-11-18)15-21-22-20(24)17-6-5-7-19(14-17)28(25,26)23-12-3-2-4-13-23/h5-11,14-15H,2-4,12-13H2,1H3,(H,22,24)/b21-15+. The van der Waals surface area contributed by atoms with Crippen LogP contribution in [0, 0.1) is 0 Å². The topological polar surface area (TPSA) is 88.1 Å². The fourth-order valence-corrected chi connectivity index (χ4v) is 4.54. The van der Waals surface area contributed by atoms with Gasteiger partial charge in [0.1, 0.15) is 5.75 Å². The number of methoxy groups -OCH3 is 1. The van der Waals surface area contributed by atoms with Crippen LogP contribution in [0.5, 0.6) is 5.75 Å². The number of hydrogen-bond donors (Lipinski definition) is 1. The summed E-state index contributed by atoms with van der Waals surface area (Å²) in [4.78, 5) is 12.5. The van der Waals surface area contributed by atoms with E-state index in [4.69, 9.17) is 4.74 Å². The predicted octanol–water partition coefficient (Wildman–Crippen LogP) is 2.63. The lowest BCUT2D eigenvalue weighted by Gasteiger charge is -2.25. The van der Waals surface area contributed by atoms with E-state index in [1.54, 1.807) is 43.5 Å². The maximum atomic E-state index is 12.8. The normalized spacial score (nSPS) is 15.5. The smallest absolute Gasteiger partial charge is 0.271 e. The molecule has 28 heavy (non-hydrogen) atoms. The van der Waals surface area contributed by atoms with Crippen LogP contribution >= 0.6 is 0 Å². The molecule has 0 aliphatic carbocycles. The summed E-state index contributed by atoms with van der Waals surface area (Å²) in [5, 5.41) is 3.93. The van der Waals surface area contributed by atoms with Gasteiger partial charge in [0, 0.05) is 18.7 Å². The Bertz CT molecular complexity index is 950. The SMILES string of the molecule is COc1ccc(/C=N/NC(=O)c2cccc(S(=O)(=O)N3CCCCC3)c2)cc1. The van der Waals surface area contributed by atoms with Crippen molar-refractivity contribution in [2.24, 2.45) is 5.10 Å². The molecule has 2 aromatic rings. The third-order valence-corrected chi connectivity index (χ3v) is 6.44. The Morgan fingerprint density at radius 3 is 2.50 bits per heavy atom. The lowest BCUT2D eigenvalue weighted by molar-refractivity contribution is 0.0955. The molecule has 8 heteroatoms. The Labute approximate surface area is 165 Å². The zero-order valence-corrected chi connectivity index (χ0v) is 16.5. The first-order valence-electron chi connectivity index (χ1n) is 9.08. The minimum atomic E-state index is -3.59. The summed E-state index contributed by atoms with van der Waals surface area (Å²) in [6.45, 7) is 1.04. The number of rotatable bonds is 6. The maximum absolute atomic E-state index is 12.8. The van der Waals surface area contributed by atoms with Crippen LogP contribution in [0.25, 0.3) is 0 Å². The summed E-state index contributed by atoms with van der Waals surface area (Å²) in [5.74, 6) is 0.258. The van der Waals surface area contributed by atoms with Crippen LogP contribution < -0.4 is 10.2 Å². The Balaban J connectivity index is 1.68. The van der Waals surface area contributed by atoms with Gasteiger partial charge in [0.05, 0.1) is 18.2 Å². The van der Waals surface area contributed by atoms with Gasteiger partial charge in [0.15, 0.2) is 0 Å². The molecule has 0 saturated carbocycles. The number of amides is 1. The number of sulfonamides is 1. The molecular formula is C20H23N3O4S. The minimum Gasteiger partial charge on any atom is -0.497 e. The summed E-state index contributed by atoms with van der Waals surface area (Å²) in [6.07, 6.45) is 4.27. The van der Waals surface area contributed by atoms with Gasteiger partial charge in [-0.25, -0.2) is 13.8 Å². The molecule has 1 aliphatic rings. The van der Waals surface area contributed by atoms with Gasteiger partial charge in [0.25, 0.3) is 5.91 Å². The minimum absolute atomic E-state index is 0.126. The van der Waals surface area contributed by atoms with Crippen molar-refractivity contribution in [2.45, 2.75) is 24.2 Å². The number of hydrogen-bond acceptors (Lipinski definition) is 5. The number of ether oxygens (including phenoxy) is 1. The van der Waals surface area contributed by atoms with E-state index in [-0.39, 0.29) is 10.5 Å². The molecule has 0 spiro atoms. The van der Waals surface area contributed by atoms with Crippen LogP contribution in [0.3, 0.4) is 0 Å². The molecule has 1 heterocycles. The van der Waals surface area contributed by atoms with Crippen LogP contribution in [-0.2, 0) is 10.0 Å². The average molecular weight is 401 g/mol. The fourth-order valence-electron chi connectivity index (χ4n) is 2.97. The molecule has 0 bridgehead atoms. The van der Waals surface area contributed by atoms with E-state index >= 15 is 0 Å². The molecule has 0 aromatic heterocycles. The van der Waals surface area contributed by atoms with Crippen LogP contribution in [0.1, 0.15) is 35.2 Å². The van der Waals surface area contributed by atoms with E-state index in [9.17, 15) is 13.2 Å². The largest absolute Gasteiger partial charge is 0.497 e. The quantitative estimate of drug-likeness (QED) is 0.595. The van der Waals surface area contributed by atoms with Crippen molar-refractivity contribution in [3.63, 3.8) is 0 Å². The van der Waals surface area contributed by atoms with Crippen LogP contribution in [-0.4, -0.2) is 45.0 Å². The molecule has 1 amide bonds. The highest BCUT2D eigenvalue weighted by atomic mass is 32.2. The Hall–Kier alpha value is -2.71. The molecule has 7 nitrogen and oxygen atoms in total. The molecule has 1 N–H and O–H groups in total. The highest BCUT2D eigenvalue weighted by Gasteiger charge is 2.26. The number of piperidine rings is 1. The van der Waals surface area contributed by atoms with E-state index in [1.165, 1.54) is 22.7 Å². The van der Waals surface area contributed by atoms with Crippen molar-refractivity contribution >= 4 is 22.1 Å². The van der Waals surface area contributed by atoms with E-state index < -0.39 is 15.9 Å². The van der Waals surface area contributed by atoms with Crippen LogP contribution in [0.15, 0.2) is 58.5 Å². The van der Waals surface area contributed by atoms with Gasteiger partial charge >= 0.3 is 0 Å². The summed E-state index contributed by atoms with van der Waals surface area (Å²) >= 11 is 0. The highest BCUT2D eigenvalue weighted by Crippen LogP contribution is 2.21. The monoisotopic (exact) mass is 401 g/mol. The lowest BCUT2D eigenvalue weighted by Crippen LogP contribution is -2.35. The lowest BCUT2D eigenvalue weighted by atomic mass is 10.2. The van der Waals surface area contributed by atoms with Gasteiger partial charge in [0.2, 0.25) is 10.0 Å². The first-order valence-corrected chi connectivity index (χ1v) is 10.5. The number of carbonyl (C=O) groups is 1. The van der Waals surface area contributed by atoms with E-state index in [0.29, 0.717) is 13.1 Å². The molecule has 2 aromatic carbocycles. The maximum Gasteiger partial charge on any atom is 0.271 e. The molecule has 0 radical (unpaired) electrons. The zero-order valence-electron chi connectivity index (χ0n) is 15.7. The second-order valence-electron chi connectivity index (χ2n) is 6.46. The van der Waals surface area contributed by atoms with Crippen molar-refractivity contribution in [1.82, 2.24) is 9.73 Å². The van der Waals surface area contributed by atoms with Gasteiger partial charge in [-0.05, 0) is 60.9 Å². The number of nitrogens with zero attached hydrogens (tertiary/aromatic N) is 2. The summed E-state index contributed by atoms with van der Waals surface area (Å²) in [7, 11) is -2.00. The third kappa shape index (κ3) is 4.76. The molecule has 1 aliphatic heterocycles. The molecular weight excluding hydrogens is 378 g/mol. The second-order valence-corrected chi connectivity index (χ2v) is 8.40. The van der Waals surface area contributed by atoms with Crippen molar-refractivity contribution in [3.05, 3.63) is 59.7 Å². The van der Waals surface area contributed by atoms with Gasteiger partial charge in [-0.15, -0.1) is 0 Å². The van der Waals surface area contributed by atoms with Crippen LogP contribution in [0.4, 0.5) is 0 Å². The van der Waals surface area contributed by atoms with E-state index in [1.807, 2.05) is 0 Å². The zero-order chi connectivity index (χ0) is 20.0. The second kappa shape index (κ2) is 8.99. The predicted molar refractivity (Wildman–Crippen MR) is 107 cm³/mol. The van der Waals surface area contributed by atoms with Crippen molar-refractivity contribution in [3.8, 4) is 5.75 Å². The van der Waals surface area contributed by atoms with E-state index in [0.717, 1.165) is 30.6 Å². The Kier molecular flexibility index (Phi) is 6.43. The molecule has 0 atom stereocenters. The first kappa shape index (κ1) is 20.0. The molecule has 148 valence electrons. The molecule has 0 unspecified atom stereocenters. The average Bonchev–Trinajstić information content (AvgIpc) is 2.75. The van der Waals surface area contributed by atoms with Crippen molar-refractivity contribution in [1.29, 1.82) is 0 Å². The summed E-state index contributed by atoms with van der Waals surface area (Å²) in [5.41, 5.74) is 3.46. The van der Waals surface area contributed by atoms with E-state index in [2.05, 4.69) is 10.5 Å². The summed E-state index contributed by atoms with van der Waals surface area (Å²) in [6, 6.07) is 13.2. The van der Waals surface area contributed by atoms with Crippen LogP contribution in [0.2, 0.25) is 0 Å². The van der Waals surface area contributed by atoms with Crippen molar-refractivity contribution in [2.75, 3.05) is 20.2 Å². The Morgan fingerprint density at radius 2 is 1.82 bits per heavy atom. The molecule has 1 fully saturated rings. The van der Waals surface area contributed by atoms with Gasteiger partial charge in [-0.2, -0.15) is 9.41 Å². The third-order valence-electron chi connectivity index (χ3n) is 4.54. The number of nitrogens with one attached hydrogen (secondary N) is 1. The highest BCUT2D eigenvalue weighted by molar-refractivity contribution is 7.89. The molecule has 1 saturated heterocycles. The Morgan fingerprint density at radius 1 is 1.11 bits per heavy atom.